The molecule has 0 spiro atoms. The molecule has 2 rings (SSSR count). The van der Waals surface area contributed by atoms with Gasteiger partial charge in [0, 0.05) is 12.2 Å². The third kappa shape index (κ3) is 1.66. The molecule has 0 N–H and O–H groups in total. The highest BCUT2D eigenvalue weighted by Crippen LogP contribution is 2.62. The number of hydrogen-bond acceptors (Lipinski definition) is 4. The lowest BCUT2D eigenvalue weighted by atomic mass is 10.0. The standard InChI is InChI=1S/C12H9FN2O2S/c1-18(16,17)11-10(12(11,6-14)7-15)8-3-2-4-9(13)5-8/h2-5,10-11H,1H3. The van der Waals surface area contributed by atoms with Crippen LogP contribution in [0.5, 0.6) is 0 Å². The highest BCUT2D eigenvalue weighted by atomic mass is 32.2. The average molecular weight is 264 g/mol. The van der Waals surface area contributed by atoms with E-state index in [0.717, 1.165) is 6.26 Å². The van der Waals surface area contributed by atoms with Crippen molar-refractivity contribution in [1.29, 1.82) is 10.5 Å². The molecule has 0 aromatic heterocycles. The van der Waals surface area contributed by atoms with E-state index < -0.39 is 32.2 Å². The van der Waals surface area contributed by atoms with Crippen LogP contribution < -0.4 is 0 Å². The molecule has 1 fully saturated rings. The molecule has 1 aromatic carbocycles. The van der Waals surface area contributed by atoms with E-state index in [1.54, 1.807) is 12.1 Å². The summed E-state index contributed by atoms with van der Waals surface area (Å²) in [5.41, 5.74) is -1.23. The van der Waals surface area contributed by atoms with Crippen molar-refractivity contribution in [1.82, 2.24) is 0 Å². The molecule has 0 bridgehead atoms. The van der Waals surface area contributed by atoms with Gasteiger partial charge in [0.2, 0.25) is 0 Å². The minimum atomic E-state index is -3.54. The van der Waals surface area contributed by atoms with Crippen LogP contribution in [0.1, 0.15) is 11.5 Å². The van der Waals surface area contributed by atoms with Crippen molar-refractivity contribution in [2.45, 2.75) is 11.2 Å². The maximum atomic E-state index is 13.1. The van der Waals surface area contributed by atoms with Gasteiger partial charge >= 0.3 is 0 Å². The van der Waals surface area contributed by atoms with Crippen molar-refractivity contribution < 1.29 is 12.8 Å². The molecular weight excluding hydrogens is 255 g/mol. The van der Waals surface area contributed by atoms with E-state index in [1.165, 1.54) is 24.3 Å². The Kier molecular flexibility index (Phi) is 2.64. The van der Waals surface area contributed by atoms with Gasteiger partial charge in [0.15, 0.2) is 15.3 Å². The summed E-state index contributed by atoms with van der Waals surface area (Å²) in [6, 6.07) is 8.88. The number of rotatable bonds is 2. The van der Waals surface area contributed by atoms with Crippen molar-refractivity contribution in [2.24, 2.45) is 5.41 Å². The Balaban J connectivity index is 2.54. The number of hydrogen-bond donors (Lipinski definition) is 0. The molecule has 0 radical (unpaired) electrons. The summed E-state index contributed by atoms with van der Waals surface area (Å²) >= 11 is 0. The molecule has 0 heterocycles. The summed E-state index contributed by atoms with van der Waals surface area (Å²) in [4.78, 5) is 0. The first-order valence-electron chi connectivity index (χ1n) is 5.13. The van der Waals surface area contributed by atoms with Crippen LogP contribution in [0.25, 0.3) is 0 Å². The van der Waals surface area contributed by atoms with E-state index in [0.29, 0.717) is 5.56 Å². The molecule has 6 heteroatoms. The maximum Gasteiger partial charge on any atom is 0.169 e. The molecule has 2 atom stereocenters. The summed E-state index contributed by atoms with van der Waals surface area (Å²) in [7, 11) is -3.54. The highest BCUT2D eigenvalue weighted by molar-refractivity contribution is 7.91. The Bertz CT molecular complexity index is 671. The van der Waals surface area contributed by atoms with Crippen LogP contribution >= 0.6 is 0 Å². The zero-order valence-electron chi connectivity index (χ0n) is 9.46. The van der Waals surface area contributed by atoms with Gasteiger partial charge in [-0.15, -0.1) is 0 Å². The number of sulfone groups is 1. The average Bonchev–Trinajstić information content (AvgIpc) is 2.98. The van der Waals surface area contributed by atoms with Crippen LogP contribution in [0.3, 0.4) is 0 Å². The van der Waals surface area contributed by atoms with Crippen molar-refractivity contribution in [2.75, 3.05) is 6.26 Å². The second-order valence-electron chi connectivity index (χ2n) is 4.38. The van der Waals surface area contributed by atoms with E-state index in [2.05, 4.69) is 0 Å². The Morgan fingerprint density at radius 1 is 1.33 bits per heavy atom. The van der Waals surface area contributed by atoms with Gasteiger partial charge in [-0.3, -0.25) is 0 Å². The molecule has 1 aromatic rings. The fraction of sp³-hybridized carbons (Fsp3) is 0.333. The summed E-state index contributed by atoms with van der Waals surface area (Å²) < 4.78 is 36.3. The Labute approximate surface area is 104 Å². The summed E-state index contributed by atoms with van der Waals surface area (Å²) in [6.45, 7) is 0. The fourth-order valence-corrected chi connectivity index (χ4v) is 4.09. The number of nitrogens with zero attached hydrogens (tertiary/aromatic N) is 2. The van der Waals surface area contributed by atoms with E-state index in [4.69, 9.17) is 10.5 Å². The van der Waals surface area contributed by atoms with Crippen LogP contribution in [0.15, 0.2) is 24.3 Å². The minimum absolute atomic E-state index is 0.369. The predicted molar refractivity (Wildman–Crippen MR) is 61.4 cm³/mol. The van der Waals surface area contributed by atoms with Crippen LogP contribution in [0, 0.1) is 33.9 Å². The number of benzene rings is 1. The fourth-order valence-electron chi connectivity index (χ4n) is 2.37. The normalized spacial score (nSPS) is 24.9. The van der Waals surface area contributed by atoms with Crippen LogP contribution in [0.2, 0.25) is 0 Å². The Morgan fingerprint density at radius 3 is 2.33 bits per heavy atom. The van der Waals surface area contributed by atoms with Gasteiger partial charge in [-0.05, 0) is 17.7 Å². The molecule has 2 unspecified atom stereocenters. The smallest absolute Gasteiger partial charge is 0.169 e. The monoisotopic (exact) mass is 264 g/mol. The van der Waals surface area contributed by atoms with E-state index >= 15 is 0 Å². The highest BCUT2D eigenvalue weighted by Gasteiger charge is 2.72. The topological polar surface area (TPSA) is 81.7 Å². The van der Waals surface area contributed by atoms with Crippen molar-refractivity contribution >= 4 is 9.84 Å². The van der Waals surface area contributed by atoms with E-state index in [-0.39, 0.29) is 0 Å². The molecule has 1 aliphatic carbocycles. The van der Waals surface area contributed by atoms with Crippen LogP contribution in [0.4, 0.5) is 4.39 Å². The summed E-state index contributed by atoms with van der Waals surface area (Å²) in [5.74, 6) is -1.30. The molecule has 92 valence electrons. The van der Waals surface area contributed by atoms with Gasteiger partial charge in [0.25, 0.3) is 0 Å². The third-order valence-corrected chi connectivity index (χ3v) is 4.74. The molecule has 0 aliphatic heterocycles. The first kappa shape index (κ1) is 12.5. The number of nitriles is 2. The van der Waals surface area contributed by atoms with Gasteiger partial charge in [0.1, 0.15) is 11.1 Å². The quantitative estimate of drug-likeness (QED) is 0.807. The molecule has 4 nitrogen and oxygen atoms in total. The van der Waals surface area contributed by atoms with Crippen LogP contribution in [-0.2, 0) is 9.84 Å². The van der Waals surface area contributed by atoms with Crippen LogP contribution in [-0.4, -0.2) is 19.9 Å². The van der Waals surface area contributed by atoms with Crippen molar-refractivity contribution in [3.8, 4) is 12.1 Å². The van der Waals surface area contributed by atoms with Crippen molar-refractivity contribution in [3.05, 3.63) is 35.6 Å². The van der Waals surface area contributed by atoms with Gasteiger partial charge in [-0.1, -0.05) is 12.1 Å². The molecule has 0 saturated heterocycles. The third-order valence-electron chi connectivity index (χ3n) is 3.17. The van der Waals surface area contributed by atoms with Crippen molar-refractivity contribution in [3.63, 3.8) is 0 Å². The summed E-state index contributed by atoms with van der Waals surface area (Å²) in [5, 5.41) is 17.0. The lowest BCUT2D eigenvalue weighted by Gasteiger charge is -1.99. The zero-order valence-corrected chi connectivity index (χ0v) is 10.3. The van der Waals surface area contributed by atoms with Gasteiger partial charge < -0.3 is 0 Å². The molecule has 1 saturated carbocycles. The van der Waals surface area contributed by atoms with Gasteiger partial charge in [-0.25, -0.2) is 12.8 Å². The second kappa shape index (κ2) is 3.79. The molecule has 1 aliphatic rings. The first-order valence-corrected chi connectivity index (χ1v) is 7.09. The van der Waals surface area contributed by atoms with E-state index in [1.807, 2.05) is 0 Å². The molecular formula is C12H9FN2O2S. The lowest BCUT2D eigenvalue weighted by molar-refractivity contribution is 0.597. The van der Waals surface area contributed by atoms with Gasteiger partial charge in [0.05, 0.1) is 12.1 Å². The Hall–Kier alpha value is -1.92. The molecule has 18 heavy (non-hydrogen) atoms. The lowest BCUT2D eigenvalue weighted by Crippen LogP contribution is -2.11. The largest absolute Gasteiger partial charge is 0.229 e. The zero-order chi connectivity index (χ0) is 13.6. The predicted octanol–water partition coefficient (Wildman–Crippen LogP) is 1.37. The minimum Gasteiger partial charge on any atom is -0.229 e. The second-order valence-corrected chi connectivity index (χ2v) is 6.54. The van der Waals surface area contributed by atoms with Gasteiger partial charge in [-0.2, -0.15) is 10.5 Å². The Morgan fingerprint density at radius 2 is 1.94 bits per heavy atom. The summed E-state index contributed by atoms with van der Waals surface area (Å²) in [6.07, 6.45) is 0.987. The van der Waals surface area contributed by atoms with E-state index in [9.17, 15) is 12.8 Å². The SMILES string of the molecule is CS(=O)(=O)C1C(c2cccc(F)c2)C1(C#N)C#N. The number of halogens is 1. The first-order chi connectivity index (χ1) is 8.36. The maximum absolute atomic E-state index is 13.1. The molecule has 0 amide bonds.